The summed E-state index contributed by atoms with van der Waals surface area (Å²) < 4.78 is 0. The average Bonchev–Trinajstić information content (AvgIpc) is 2.39. The highest BCUT2D eigenvalue weighted by molar-refractivity contribution is 7.98. The molecule has 1 aliphatic rings. The second kappa shape index (κ2) is 5.50. The van der Waals surface area contributed by atoms with Gasteiger partial charge in [-0.3, -0.25) is 0 Å². The quantitative estimate of drug-likeness (QED) is 0.637. The maximum atomic E-state index is 5.74. The van der Waals surface area contributed by atoms with Gasteiger partial charge < -0.3 is 10.6 Å². The van der Waals surface area contributed by atoms with Gasteiger partial charge in [0.1, 0.15) is 5.82 Å². The number of piperidine rings is 1. The third-order valence-electron chi connectivity index (χ3n) is 2.98. The van der Waals surface area contributed by atoms with E-state index >= 15 is 0 Å². The lowest BCUT2D eigenvalue weighted by molar-refractivity contribution is 0.421. The molecule has 2 rings (SSSR count). The minimum atomic E-state index is 0.612. The second-order valence-electron chi connectivity index (χ2n) is 4.09. The Morgan fingerprint density at radius 3 is 3.25 bits per heavy atom. The van der Waals surface area contributed by atoms with Crippen molar-refractivity contribution in [2.45, 2.75) is 18.0 Å². The van der Waals surface area contributed by atoms with Crippen molar-refractivity contribution in [1.29, 1.82) is 0 Å². The first-order valence-electron chi connectivity index (χ1n) is 5.65. The van der Waals surface area contributed by atoms with E-state index in [1.54, 1.807) is 11.8 Å². The van der Waals surface area contributed by atoms with Gasteiger partial charge in [0, 0.05) is 19.3 Å². The van der Waals surface area contributed by atoms with Crippen LogP contribution >= 0.6 is 11.8 Å². The summed E-state index contributed by atoms with van der Waals surface area (Å²) in [6.45, 7) is 2.89. The maximum absolute atomic E-state index is 5.74. The first-order valence-corrected chi connectivity index (χ1v) is 6.88. The SMILES string of the molecule is CSc1nccc(N2CCC[C@@H](CN)C2)n1. The number of thioether (sulfide) groups is 1. The number of hydrogen-bond donors (Lipinski definition) is 1. The Morgan fingerprint density at radius 1 is 1.62 bits per heavy atom. The molecular weight excluding hydrogens is 220 g/mol. The van der Waals surface area contributed by atoms with E-state index in [1.807, 2.05) is 18.5 Å². The Bertz CT molecular complexity index is 345. The number of aromatic nitrogens is 2. The Balaban J connectivity index is 2.10. The number of nitrogens with zero attached hydrogens (tertiary/aromatic N) is 3. The zero-order valence-corrected chi connectivity index (χ0v) is 10.4. The standard InChI is InChI=1S/C11H18N4S/c1-16-11-13-5-4-10(14-11)15-6-2-3-9(7-12)8-15/h4-5,9H,2-3,6-8,12H2,1H3/t9-/m0/s1. The fourth-order valence-corrected chi connectivity index (χ4v) is 2.42. The maximum Gasteiger partial charge on any atom is 0.189 e. The van der Waals surface area contributed by atoms with Crippen LogP contribution in [0.2, 0.25) is 0 Å². The zero-order valence-electron chi connectivity index (χ0n) is 9.59. The Morgan fingerprint density at radius 2 is 2.50 bits per heavy atom. The third-order valence-corrected chi connectivity index (χ3v) is 3.54. The van der Waals surface area contributed by atoms with Gasteiger partial charge in [0.15, 0.2) is 5.16 Å². The van der Waals surface area contributed by atoms with Crippen molar-refractivity contribution in [3.8, 4) is 0 Å². The highest BCUT2D eigenvalue weighted by Gasteiger charge is 2.19. The summed E-state index contributed by atoms with van der Waals surface area (Å²) >= 11 is 1.58. The van der Waals surface area contributed by atoms with Crippen molar-refractivity contribution in [3.05, 3.63) is 12.3 Å². The lowest BCUT2D eigenvalue weighted by atomic mass is 9.98. The third kappa shape index (κ3) is 2.65. The molecule has 1 aromatic rings. The predicted molar refractivity (Wildman–Crippen MR) is 67.8 cm³/mol. The largest absolute Gasteiger partial charge is 0.356 e. The number of anilines is 1. The molecule has 0 unspecified atom stereocenters. The first kappa shape index (κ1) is 11.7. The number of rotatable bonds is 3. The highest BCUT2D eigenvalue weighted by Crippen LogP contribution is 2.21. The fraction of sp³-hybridized carbons (Fsp3) is 0.636. The summed E-state index contributed by atoms with van der Waals surface area (Å²) in [6, 6.07) is 1.98. The van der Waals surface area contributed by atoms with E-state index in [2.05, 4.69) is 14.9 Å². The molecular formula is C11H18N4S. The van der Waals surface area contributed by atoms with Crippen LogP contribution in [0.3, 0.4) is 0 Å². The molecule has 0 saturated carbocycles. The summed E-state index contributed by atoms with van der Waals surface area (Å²) in [5.41, 5.74) is 5.74. The average molecular weight is 238 g/mol. The van der Waals surface area contributed by atoms with Gasteiger partial charge in [-0.05, 0) is 37.6 Å². The van der Waals surface area contributed by atoms with Crippen LogP contribution in [-0.2, 0) is 0 Å². The van der Waals surface area contributed by atoms with Crippen molar-refractivity contribution >= 4 is 17.6 Å². The Kier molecular flexibility index (Phi) is 4.01. The molecule has 2 heterocycles. The van der Waals surface area contributed by atoms with Crippen LogP contribution in [-0.4, -0.2) is 35.9 Å². The topological polar surface area (TPSA) is 55.0 Å². The molecule has 0 radical (unpaired) electrons. The second-order valence-corrected chi connectivity index (χ2v) is 4.86. The molecule has 0 bridgehead atoms. The minimum absolute atomic E-state index is 0.612. The van der Waals surface area contributed by atoms with E-state index in [1.165, 1.54) is 12.8 Å². The number of nitrogens with two attached hydrogens (primary N) is 1. The van der Waals surface area contributed by atoms with Gasteiger partial charge in [-0.2, -0.15) is 0 Å². The molecule has 1 aliphatic heterocycles. The minimum Gasteiger partial charge on any atom is -0.356 e. The Hall–Kier alpha value is -0.810. The lowest BCUT2D eigenvalue weighted by Gasteiger charge is -2.32. The van der Waals surface area contributed by atoms with Gasteiger partial charge in [0.25, 0.3) is 0 Å². The summed E-state index contributed by atoms with van der Waals surface area (Å²) in [7, 11) is 0. The van der Waals surface area contributed by atoms with Crippen LogP contribution in [0, 0.1) is 5.92 Å². The van der Waals surface area contributed by atoms with Crippen LogP contribution in [0.1, 0.15) is 12.8 Å². The Labute approximate surface area is 101 Å². The molecule has 0 amide bonds. The summed E-state index contributed by atoms with van der Waals surface area (Å²) in [4.78, 5) is 11.0. The molecule has 1 fully saturated rings. The van der Waals surface area contributed by atoms with Gasteiger partial charge in [-0.25, -0.2) is 9.97 Å². The predicted octanol–water partition coefficient (Wildman–Crippen LogP) is 1.37. The van der Waals surface area contributed by atoms with Gasteiger partial charge in [0.05, 0.1) is 0 Å². The van der Waals surface area contributed by atoms with Crippen LogP contribution in [0.25, 0.3) is 0 Å². The molecule has 1 saturated heterocycles. The molecule has 1 aromatic heterocycles. The molecule has 0 spiro atoms. The molecule has 1 atom stereocenters. The molecule has 0 aromatic carbocycles. The van der Waals surface area contributed by atoms with Crippen molar-refractivity contribution in [2.75, 3.05) is 30.8 Å². The van der Waals surface area contributed by atoms with Gasteiger partial charge in [-0.1, -0.05) is 11.8 Å². The normalized spacial score (nSPS) is 21.1. The van der Waals surface area contributed by atoms with Gasteiger partial charge in [0.2, 0.25) is 0 Å². The van der Waals surface area contributed by atoms with Crippen LogP contribution in [0.15, 0.2) is 17.4 Å². The van der Waals surface area contributed by atoms with E-state index in [9.17, 15) is 0 Å². The van der Waals surface area contributed by atoms with E-state index in [-0.39, 0.29) is 0 Å². The summed E-state index contributed by atoms with van der Waals surface area (Å²) in [6.07, 6.45) is 6.28. The molecule has 4 nitrogen and oxygen atoms in total. The molecule has 2 N–H and O–H groups in total. The molecule has 0 aliphatic carbocycles. The van der Waals surface area contributed by atoms with Gasteiger partial charge in [-0.15, -0.1) is 0 Å². The van der Waals surface area contributed by atoms with Crippen molar-refractivity contribution in [3.63, 3.8) is 0 Å². The van der Waals surface area contributed by atoms with Crippen molar-refractivity contribution in [1.82, 2.24) is 9.97 Å². The van der Waals surface area contributed by atoms with E-state index in [0.29, 0.717) is 5.92 Å². The lowest BCUT2D eigenvalue weighted by Crippen LogP contribution is -2.38. The fourth-order valence-electron chi connectivity index (χ4n) is 2.07. The smallest absolute Gasteiger partial charge is 0.189 e. The van der Waals surface area contributed by atoms with Crippen LogP contribution < -0.4 is 10.6 Å². The summed E-state index contributed by atoms with van der Waals surface area (Å²) in [5.74, 6) is 1.65. The van der Waals surface area contributed by atoms with Crippen LogP contribution in [0.4, 0.5) is 5.82 Å². The van der Waals surface area contributed by atoms with E-state index in [4.69, 9.17) is 5.73 Å². The van der Waals surface area contributed by atoms with E-state index < -0.39 is 0 Å². The van der Waals surface area contributed by atoms with Crippen LogP contribution in [0.5, 0.6) is 0 Å². The van der Waals surface area contributed by atoms with E-state index in [0.717, 1.165) is 30.6 Å². The van der Waals surface area contributed by atoms with Crippen molar-refractivity contribution in [2.24, 2.45) is 11.7 Å². The molecule has 5 heteroatoms. The monoisotopic (exact) mass is 238 g/mol. The summed E-state index contributed by atoms with van der Waals surface area (Å²) in [5, 5.41) is 0.840. The molecule has 88 valence electrons. The van der Waals surface area contributed by atoms with Gasteiger partial charge >= 0.3 is 0 Å². The highest BCUT2D eigenvalue weighted by atomic mass is 32.2. The zero-order chi connectivity index (χ0) is 11.4. The number of hydrogen-bond acceptors (Lipinski definition) is 5. The first-order chi connectivity index (χ1) is 7.83. The van der Waals surface area contributed by atoms with Crippen molar-refractivity contribution < 1.29 is 0 Å². The molecule has 16 heavy (non-hydrogen) atoms.